The predicted octanol–water partition coefficient (Wildman–Crippen LogP) is 3.89. The lowest BCUT2D eigenvalue weighted by molar-refractivity contribution is -0.360. The first-order chi connectivity index (χ1) is 9.61. The fourth-order valence-corrected chi connectivity index (χ4v) is 4.19. The average Bonchev–Trinajstić information content (AvgIpc) is 2.36. The highest BCUT2D eigenvalue weighted by atomic mass is 35.5. The number of nitrogen functional groups attached to an aromatic ring is 1. The molecule has 4 rings (SSSR count). The molecular formula is C17H18ClN2+. The van der Waals surface area contributed by atoms with Crippen molar-refractivity contribution in [3.8, 4) is 0 Å². The number of pyridine rings is 1. The summed E-state index contributed by atoms with van der Waals surface area (Å²) in [6.07, 6.45) is 5.88. The van der Waals surface area contributed by atoms with E-state index in [-0.39, 0.29) is 0 Å². The minimum atomic E-state index is 0.574. The molecule has 3 N–H and O–H groups in total. The molecule has 0 amide bonds. The Hall–Kier alpha value is -1.54. The van der Waals surface area contributed by atoms with E-state index in [0.717, 1.165) is 34.5 Å². The zero-order chi connectivity index (χ0) is 13.9. The topological polar surface area (TPSA) is 40.2 Å². The van der Waals surface area contributed by atoms with Crippen LogP contribution >= 0.6 is 11.6 Å². The maximum atomic E-state index is 6.49. The summed E-state index contributed by atoms with van der Waals surface area (Å²) in [6.45, 7) is 2.24. The number of allylic oxidation sites excluding steroid dienone is 2. The third kappa shape index (κ3) is 1.75. The number of benzene rings is 1. The number of anilines is 1. The summed E-state index contributed by atoms with van der Waals surface area (Å²) in [5, 5.41) is 1.85. The second-order valence-corrected chi connectivity index (χ2v) is 6.67. The molecule has 0 unspecified atom stereocenters. The Morgan fingerprint density at radius 1 is 1.30 bits per heavy atom. The largest absolute Gasteiger partial charge is 0.398 e. The number of nitrogens with two attached hydrogens (primary N) is 1. The molecule has 2 atom stereocenters. The van der Waals surface area contributed by atoms with Gasteiger partial charge in [-0.25, -0.2) is 4.98 Å². The van der Waals surface area contributed by atoms with Crippen molar-refractivity contribution in [2.24, 2.45) is 5.92 Å². The molecule has 1 heterocycles. The van der Waals surface area contributed by atoms with Crippen LogP contribution in [0.2, 0.25) is 5.02 Å². The summed E-state index contributed by atoms with van der Waals surface area (Å²) < 4.78 is 0. The highest BCUT2D eigenvalue weighted by Gasteiger charge is 2.35. The van der Waals surface area contributed by atoms with Crippen LogP contribution in [-0.4, -0.2) is 0 Å². The Morgan fingerprint density at radius 3 is 3.00 bits per heavy atom. The van der Waals surface area contributed by atoms with Gasteiger partial charge in [-0.2, -0.15) is 0 Å². The lowest BCUT2D eigenvalue weighted by Gasteiger charge is -2.33. The second-order valence-electron chi connectivity index (χ2n) is 6.23. The Kier molecular flexibility index (Phi) is 2.58. The first-order valence-corrected chi connectivity index (χ1v) is 7.59. The molecule has 0 saturated carbocycles. The minimum Gasteiger partial charge on any atom is -0.398 e. The van der Waals surface area contributed by atoms with E-state index in [9.17, 15) is 0 Å². The smallest absolute Gasteiger partial charge is 0.214 e. The van der Waals surface area contributed by atoms with Crippen LogP contribution in [0.4, 0.5) is 5.69 Å². The van der Waals surface area contributed by atoms with Crippen molar-refractivity contribution < 1.29 is 4.98 Å². The molecule has 0 radical (unpaired) electrons. The Balaban J connectivity index is 1.97. The van der Waals surface area contributed by atoms with Crippen LogP contribution < -0.4 is 10.7 Å². The van der Waals surface area contributed by atoms with E-state index >= 15 is 0 Å². The van der Waals surface area contributed by atoms with Gasteiger partial charge in [0.15, 0.2) is 5.69 Å². The maximum Gasteiger partial charge on any atom is 0.214 e. The van der Waals surface area contributed by atoms with Crippen molar-refractivity contribution in [2.45, 2.75) is 32.1 Å². The number of hydrogen-bond acceptors (Lipinski definition) is 1. The molecular weight excluding hydrogens is 268 g/mol. The zero-order valence-electron chi connectivity index (χ0n) is 11.5. The van der Waals surface area contributed by atoms with Crippen LogP contribution in [0, 0.1) is 5.92 Å². The Morgan fingerprint density at radius 2 is 2.15 bits per heavy atom. The fourth-order valence-electron chi connectivity index (χ4n) is 4.02. The summed E-state index contributed by atoms with van der Waals surface area (Å²) in [4.78, 5) is 3.58. The van der Waals surface area contributed by atoms with Crippen LogP contribution in [-0.2, 0) is 6.42 Å². The molecule has 0 fully saturated rings. The van der Waals surface area contributed by atoms with Crippen LogP contribution in [0.1, 0.15) is 36.9 Å². The van der Waals surface area contributed by atoms with E-state index in [4.69, 9.17) is 17.3 Å². The van der Waals surface area contributed by atoms with Gasteiger partial charge in [-0.1, -0.05) is 23.3 Å². The third-order valence-electron chi connectivity index (χ3n) is 4.72. The quantitative estimate of drug-likeness (QED) is 0.733. The number of fused-ring (bicyclic) bond motifs is 5. The molecule has 2 aliphatic carbocycles. The molecule has 0 spiro atoms. The van der Waals surface area contributed by atoms with Crippen LogP contribution in [0.3, 0.4) is 0 Å². The lowest BCUT2D eigenvalue weighted by Crippen LogP contribution is -2.29. The molecule has 0 aliphatic heterocycles. The zero-order valence-corrected chi connectivity index (χ0v) is 12.3. The van der Waals surface area contributed by atoms with Crippen molar-refractivity contribution in [2.75, 3.05) is 5.73 Å². The number of aromatic nitrogens is 1. The molecule has 2 aliphatic rings. The van der Waals surface area contributed by atoms with Crippen LogP contribution in [0.5, 0.6) is 0 Å². The van der Waals surface area contributed by atoms with E-state index in [2.05, 4.69) is 18.0 Å². The molecule has 2 nitrogen and oxygen atoms in total. The van der Waals surface area contributed by atoms with Gasteiger partial charge in [-0.3, -0.25) is 0 Å². The number of nitrogens with one attached hydrogen (secondary N) is 1. The van der Waals surface area contributed by atoms with Gasteiger partial charge >= 0.3 is 0 Å². The van der Waals surface area contributed by atoms with Gasteiger partial charge in [0, 0.05) is 23.1 Å². The molecule has 1 aromatic carbocycles. The van der Waals surface area contributed by atoms with E-state index in [1.165, 1.54) is 23.3 Å². The number of aromatic amines is 1. The summed E-state index contributed by atoms with van der Waals surface area (Å²) in [5.74, 6) is 1.23. The number of hydrogen-bond donors (Lipinski definition) is 1. The number of halogens is 1. The highest BCUT2D eigenvalue weighted by molar-refractivity contribution is 6.31. The standard InChI is InChI=1S/C17H17ClN2/c1-9-4-10-6-11(5-9)16-15(7-10)20-14-8-12(18)2-3-13(14)17(16)19/h2-4,8,10-11H,5-7H2,1H3,(H2,19,20)/p+1/t10-,11+/m0/s1. The molecule has 0 saturated heterocycles. The summed E-state index contributed by atoms with van der Waals surface area (Å²) >= 11 is 6.10. The van der Waals surface area contributed by atoms with Crippen LogP contribution in [0.15, 0.2) is 29.8 Å². The fraction of sp³-hybridized carbons (Fsp3) is 0.353. The first kappa shape index (κ1) is 12.2. The van der Waals surface area contributed by atoms with Gasteiger partial charge in [0.1, 0.15) is 0 Å². The molecule has 20 heavy (non-hydrogen) atoms. The SMILES string of the molecule is CC1=C[C@@H]2Cc3[nH+]c4cc(Cl)ccc4c(N)c3[C@H](C1)C2. The predicted molar refractivity (Wildman–Crippen MR) is 82.9 cm³/mol. The van der Waals surface area contributed by atoms with Crippen molar-refractivity contribution >= 4 is 28.2 Å². The van der Waals surface area contributed by atoms with Gasteiger partial charge in [-0.05, 0) is 43.7 Å². The van der Waals surface area contributed by atoms with Gasteiger partial charge in [0.2, 0.25) is 5.52 Å². The Labute approximate surface area is 123 Å². The number of rotatable bonds is 0. The third-order valence-corrected chi connectivity index (χ3v) is 4.96. The molecule has 1 aromatic heterocycles. The summed E-state index contributed by atoms with van der Waals surface area (Å²) in [7, 11) is 0. The van der Waals surface area contributed by atoms with Crippen molar-refractivity contribution in [3.05, 3.63) is 46.1 Å². The Bertz CT molecular complexity index is 748. The molecule has 102 valence electrons. The normalized spacial score (nSPS) is 24.4. The monoisotopic (exact) mass is 285 g/mol. The average molecular weight is 286 g/mol. The lowest BCUT2D eigenvalue weighted by atomic mass is 9.71. The van der Waals surface area contributed by atoms with Gasteiger partial charge in [0.25, 0.3) is 0 Å². The minimum absolute atomic E-state index is 0.574. The van der Waals surface area contributed by atoms with E-state index in [1.54, 1.807) is 0 Å². The van der Waals surface area contributed by atoms with Crippen molar-refractivity contribution in [3.63, 3.8) is 0 Å². The number of H-pyrrole nitrogens is 1. The highest BCUT2D eigenvalue weighted by Crippen LogP contribution is 2.45. The van der Waals surface area contributed by atoms with Crippen molar-refractivity contribution in [1.29, 1.82) is 0 Å². The first-order valence-electron chi connectivity index (χ1n) is 7.22. The summed E-state index contributed by atoms with van der Waals surface area (Å²) in [5.41, 5.74) is 12.7. The molecule has 2 bridgehead atoms. The maximum absolute atomic E-state index is 6.49. The van der Waals surface area contributed by atoms with Crippen molar-refractivity contribution in [1.82, 2.24) is 0 Å². The molecule has 2 aromatic rings. The molecule has 3 heteroatoms. The van der Waals surface area contributed by atoms with E-state index in [0.29, 0.717) is 11.8 Å². The van der Waals surface area contributed by atoms with Gasteiger partial charge in [-0.15, -0.1) is 0 Å². The second kappa shape index (κ2) is 4.23. The van der Waals surface area contributed by atoms with E-state index in [1.807, 2.05) is 18.2 Å². The van der Waals surface area contributed by atoms with E-state index < -0.39 is 0 Å². The van der Waals surface area contributed by atoms with Gasteiger partial charge < -0.3 is 5.73 Å². The van der Waals surface area contributed by atoms with Crippen LogP contribution in [0.25, 0.3) is 10.9 Å². The van der Waals surface area contributed by atoms with Gasteiger partial charge in [0.05, 0.1) is 11.1 Å². The summed E-state index contributed by atoms with van der Waals surface area (Å²) in [6, 6.07) is 5.92.